The van der Waals surface area contributed by atoms with Crippen molar-refractivity contribution in [3.8, 4) is 11.9 Å². The van der Waals surface area contributed by atoms with Crippen LogP contribution in [0.2, 0.25) is 0 Å². The van der Waals surface area contributed by atoms with Crippen molar-refractivity contribution < 1.29 is 0 Å². The van der Waals surface area contributed by atoms with Gasteiger partial charge in [-0.2, -0.15) is 10.2 Å². The topological polar surface area (TPSA) is 113 Å². The van der Waals surface area contributed by atoms with Gasteiger partial charge in [-0.3, -0.25) is 4.79 Å². The summed E-state index contributed by atoms with van der Waals surface area (Å²) in [6.45, 7) is 8.61. The second-order valence-electron chi connectivity index (χ2n) is 10.7. The third-order valence-corrected chi connectivity index (χ3v) is 7.81. The first-order valence-electron chi connectivity index (χ1n) is 12.8. The average Bonchev–Trinajstić information content (AvgIpc) is 3.14. The third kappa shape index (κ3) is 3.71. The Hall–Kier alpha value is -4.03. The summed E-state index contributed by atoms with van der Waals surface area (Å²) < 4.78 is 3.36. The quantitative estimate of drug-likeness (QED) is 0.430. The van der Waals surface area contributed by atoms with E-state index in [2.05, 4.69) is 53.7 Å². The summed E-state index contributed by atoms with van der Waals surface area (Å²) in [5.74, 6) is 0.973. The first kappa shape index (κ1) is 23.4. The maximum Gasteiger partial charge on any atom is 0.278 e. The van der Waals surface area contributed by atoms with Gasteiger partial charge in [-0.1, -0.05) is 26.0 Å². The zero-order valence-corrected chi connectivity index (χ0v) is 21.4. The van der Waals surface area contributed by atoms with Crippen LogP contribution in [0.3, 0.4) is 0 Å². The Morgan fingerprint density at radius 1 is 1.19 bits per heavy atom. The summed E-state index contributed by atoms with van der Waals surface area (Å²) in [7, 11) is 0. The predicted octanol–water partition coefficient (Wildman–Crippen LogP) is 4.07. The Morgan fingerprint density at radius 3 is 2.76 bits per heavy atom. The number of anilines is 2. The second-order valence-corrected chi connectivity index (χ2v) is 10.7. The van der Waals surface area contributed by atoms with Crippen LogP contribution in [0.5, 0.6) is 0 Å². The summed E-state index contributed by atoms with van der Waals surface area (Å²) in [6.07, 6.45) is 4.20. The fourth-order valence-electron chi connectivity index (χ4n) is 5.58. The van der Waals surface area contributed by atoms with E-state index < -0.39 is 5.41 Å². The first-order chi connectivity index (χ1) is 17.8. The maximum atomic E-state index is 13.2. The lowest BCUT2D eigenvalue weighted by Gasteiger charge is -2.34. The zero-order chi connectivity index (χ0) is 25.8. The number of rotatable bonds is 5. The number of pyridine rings is 1. The molecule has 2 N–H and O–H groups in total. The molecular weight excluding hydrogens is 464 g/mol. The molecule has 0 bridgehead atoms. The minimum Gasteiger partial charge on any atom is -0.324 e. The van der Waals surface area contributed by atoms with Crippen LogP contribution in [0.25, 0.3) is 16.9 Å². The fraction of sp³-hybridized carbons (Fsp3) is 0.393. The van der Waals surface area contributed by atoms with E-state index in [4.69, 9.17) is 9.97 Å². The molecule has 1 aliphatic carbocycles. The standard InChI is InChI=1S/C28H30N8O/c1-4-35-25(37)20-15-31-26(32-19-9-10-21-18(13-19)14-30-17-27(21,2)3)34-24(20)36(35)23-8-5-7-22(33-23)28(16-29)11-6-12-28/h5,7-10,13,15,30H,4,6,11-12,14,17H2,1-3H3,(H,31,32,34). The van der Waals surface area contributed by atoms with E-state index in [0.29, 0.717) is 29.3 Å². The molecule has 0 unspecified atom stereocenters. The van der Waals surface area contributed by atoms with Gasteiger partial charge in [0, 0.05) is 36.9 Å². The summed E-state index contributed by atoms with van der Waals surface area (Å²) >= 11 is 0. The number of hydrogen-bond donors (Lipinski definition) is 2. The average molecular weight is 495 g/mol. The van der Waals surface area contributed by atoms with Gasteiger partial charge in [-0.15, -0.1) is 0 Å². The molecule has 0 spiro atoms. The molecule has 2 aliphatic rings. The van der Waals surface area contributed by atoms with Crippen molar-refractivity contribution in [3.05, 3.63) is 69.8 Å². The summed E-state index contributed by atoms with van der Waals surface area (Å²) in [4.78, 5) is 27.3. The molecule has 1 saturated carbocycles. The Kier molecular flexibility index (Phi) is 5.39. The van der Waals surface area contributed by atoms with Gasteiger partial charge in [0.05, 0.1) is 17.2 Å². The molecule has 0 amide bonds. The van der Waals surface area contributed by atoms with Gasteiger partial charge in [0.2, 0.25) is 5.95 Å². The number of aromatic nitrogens is 5. The molecule has 0 saturated heterocycles. The van der Waals surface area contributed by atoms with Crippen molar-refractivity contribution in [3.63, 3.8) is 0 Å². The molecule has 3 aromatic heterocycles. The van der Waals surface area contributed by atoms with E-state index in [0.717, 1.165) is 43.7 Å². The van der Waals surface area contributed by atoms with Crippen molar-refractivity contribution in [1.29, 1.82) is 5.26 Å². The van der Waals surface area contributed by atoms with Crippen molar-refractivity contribution in [2.75, 3.05) is 11.9 Å². The second kappa shape index (κ2) is 8.53. The highest BCUT2D eigenvalue weighted by molar-refractivity contribution is 5.77. The van der Waals surface area contributed by atoms with Crippen LogP contribution >= 0.6 is 0 Å². The number of benzene rings is 1. The van der Waals surface area contributed by atoms with Gasteiger partial charge in [0.15, 0.2) is 11.5 Å². The minimum atomic E-state index is -0.548. The molecule has 1 aromatic carbocycles. The molecule has 1 aliphatic heterocycles. The monoisotopic (exact) mass is 494 g/mol. The van der Waals surface area contributed by atoms with Gasteiger partial charge in [-0.25, -0.2) is 19.3 Å². The van der Waals surface area contributed by atoms with Crippen LogP contribution in [0, 0.1) is 11.3 Å². The van der Waals surface area contributed by atoms with Crippen LogP contribution < -0.4 is 16.2 Å². The zero-order valence-electron chi connectivity index (χ0n) is 21.4. The predicted molar refractivity (Wildman–Crippen MR) is 142 cm³/mol. The largest absolute Gasteiger partial charge is 0.324 e. The van der Waals surface area contributed by atoms with E-state index in [1.165, 1.54) is 11.1 Å². The van der Waals surface area contributed by atoms with Crippen molar-refractivity contribution in [1.82, 2.24) is 29.6 Å². The van der Waals surface area contributed by atoms with E-state index >= 15 is 0 Å². The lowest BCUT2D eigenvalue weighted by Crippen LogP contribution is -2.38. The van der Waals surface area contributed by atoms with E-state index in [-0.39, 0.29) is 11.0 Å². The van der Waals surface area contributed by atoms with Crippen LogP contribution in [-0.2, 0) is 23.9 Å². The molecule has 4 heterocycles. The number of nitrogens with one attached hydrogen (secondary N) is 2. The molecule has 9 nitrogen and oxygen atoms in total. The van der Waals surface area contributed by atoms with Gasteiger partial charge >= 0.3 is 0 Å². The molecule has 37 heavy (non-hydrogen) atoms. The summed E-state index contributed by atoms with van der Waals surface area (Å²) in [5, 5.41) is 17.1. The molecule has 0 radical (unpaired) electrons. The van der Waals surface area contributed by atoms with Crippen LogP contribution in [0.1, 0.15) is 56.9 Å². The smallest absolute Gasteiger partial charge is 0.278 e. The number of hydrogen-bond acceptors (Lipinski definition) is 7. The van der Waals surface area contributed by atoms with E-state index in [9.17, 15) is 10.1 Å². The van der Waals surface area contributed by atoms with E-state index in [1.54, 1.807) is 15.6 Å². The molecular formula is C28H30N8O. The van der Waals surface area contributed by atoms with Crippen LogP contribution in [0.4, 0.5) is 11.6 Å². The lowest BCUT2D eigenvalue weighted by atomic mass is 9.67. The first-order valence-corrected chi connectivity index (χ1v) is 12.8. The summed E-state index contributed by atoms with van der Waals surface area (Å²) in [5.41, 5.74) is 4.07. The highest BCUT2D eigenvalue weighted by atomic mass is 16.1. The van der Waals surface area contributed by atoms with Gasteiger partial charge in [0.1, 0.15) is 5.39 Å². The molecule has 9 heteroatoms. The van der Waals surface area contributed by atoms with Gasteiger partial charge in [0.25, 0.3) is 5.56 Å². The van der Waals surface area contributed by atoms with Crippen molar-refractivity contribution in [2.45, 2.75) is 64.0 Å². The van der Waals surface area contributed by atoms with Gasteiger partial charge < -0.3 is 10.6 Å². The Bertz CT molecular complexity index is 1620. The highest BCUT2D eigenvalue weighted by Crippen LogP contribution is 2.42. The number of nitriles is 1. The van der Waals surface area contributed by atoms with E-state index in [1.807, 2.05) is 25.1 Å². The lowest BCUT2D eigenvalue weighted by molar-refractivity contribution is 0.315. The Labute approximate surface area is 215 Å². The SMILES string of the molecule is CCn1c(=O)c2cnc(Nc3ccc4c(c3)CNCC4(C)C)nc2n1-c1cccc(C2(C#N)CCC2)n1. The number of fused-ring (bicyclic) bond motifs is 2. The molecule has 4 aromatic rings. The van der Waals surface area contributed by atoms with Crippen molar-refractivity contribution in [2.24, 2.45) is 0 Å². The molecule has 188 valence electrons. The molecule has 1 fully saturated rings. The van der Waals surface area contributed by atoms with Crippen molar-refractivity contribution >= 4 is 22.7 Å². The number of nitrogens with zero attached hydrogens (tertiary/aromatic N) is 6. The Balaban J connectivity index is 1.42. The third-order valence-electron chi connectivity index (χ3n) is 7.81. The summed E-state index contributed by atoms with van der Waals surface area (Å²) in [6, 6.07) is 14.5. The van der Waals surface area contributed by atoms with Gasteiger partial charge in [-0.05, 0) is 61.6 Å². The highest BCUT2D eigenvalue weighted by Gasteiger charge is 2.40. The van der Waals surface area contributed by atoms with Crippen LogP contribution in [0.15, 0.2) is 47.4 Å². The molecule has 6 rings (SSSR count). The fourth-order valence-corrected chi connectivity index (χ4v) is 5.58. The normalized spacial score (nSPS) is 17.6. The minimum absolute atomic E-state index is 0.0752. The van der Waals surface area contributed by atoms with Crippen LogP contribution in [-0.4, -0.2) is 30.9 Å². The maximum absolute atomic E-state index is 13.2. The Morgan fingerprint density at radius 2 is 2.03 bits per heavy atom. The molecule has 0 atom stereocenters.